The van der Waals surface area contributed by atoms with Crippen LogP contribution in [0.5, 0.6) is 11.5 Å². The summed E-state index contributed by atoms with van der Waals surface area (Å²) in [6.07, 6.45) is 2.87. The molecule has 0 aliphatic heterocycles. The van der Waals surface area contributed by atoms with Gasteiger partial charge in [0.25, 0.3) is 5.91 Å². The van der Waals surface area contributed by atoms with Gasteiger partial charge in [0, 0.05) is 0 Å². The molecule has 28 heavy (non-hydrogen) atoms. The highest BCUT2D eigenvalue weighted by molar-refractivity contribution is 5.88. The molecule has 0 atom stereocenters. The first-order chi connectivity index (χ1) is 13.6. The van der Waals surface area contributed by atoms with Crippen LogP contribution in [0.2, 0.25) is 0 Å². The highest BCUT2D eigenvalue weighted by atomic mass is 16.5. The van der Waals surface area contributed by atoms with Gasteiger partial charge in [0.1, 0.15) is 11.5 Å². The SMILES string of the molecule is Cc1cccc(OCC(=O)N/N=C\c2ccc(OC(=O)c3ccco3)cc2)c1. The van der Waals surface area contributed by atoms with Crippen LogP contribution >= 0.6 is 0 Å². The van der Waals surface area contributed by atoms with E-state index in [0.29, 0.717) is 11.5 Å². The van der Waals surface area contributed by atoms with Crippen molar-refractivity contribution in [2.45, 2.75) is 6.92 Å². The van der Waals surface area contributed by atoms with Gasteiger partial charge >= 0.3 is 5.97 Å². The van der Waals surface area contributed by atoms with E-state index in [0.717, 1.165) is 11.1 Å². The van der Waals surface area contributed by atoms with E-state index in [2.05, 4.69) is 10.5 Å². The van der Waals surface area contributed by atoms with Crippen molar-refractivity contribution in [2.24, 2.45) is 5.10 Å². The lowest BCUT2D eigenvalue weighted by atomic mass is 10.2. The molecule has 7 nitrogen and oxygen atoms in total. The van der Waals surface area contributed by atoms with Crippen molar-refractivity contribution in [1.82, 2.24) is 5.43 Å². The van der Waals surface area contributed by atoms with Gasteiger partial charge in [-0.15, -0.1) is 0 Å². The number of carbonyl (C=O) groups is 2. The first-order valence-electron chi connectivity index (χ1n) is 8.47. The molecule has 0 aliphatic rings. The zero-order valence-corrected chi connectivity index (χ0v) is 15.1. The average molecular weight is 378 g/mol. The molecule has 0 unspecified atom stereocenters. The summed E-state index contributed by atoms with van der Waals surface area (Å²) in [6, 6.07) is 17.2. The number of amides is 1. The Morgan fingerprint density at radius 2 is 1.89 bits per heavy atom. The van der Waals surface area contributed by atoms with Crippen molar-refractivity contribution in [2.75, 3.05) is 6.61 Å². The van der Waals surface area contributed by atoms with Crippen LogP contribution in [-0.2, 0) is 4.79 Å². The van der Waals surface area contributed by atoms with Crippen molar-refractivity contribution in [3.05, 3.63) is 83.8 Å². The third-order valence-corrected chi connectivity index (χ3v) is 3.58. The van der Waals surface area contributed by atoms with Gasteiger partial charge < -0.3 is 13.9 Å². The lowest BCUT2D eigenvalue weighted by molar-refractivity contribution is -0.123. The molecule has 142 valence electrons. The van der Waals surface area contributed by atoms with Crippen LogP contribution in [-0.4, -0.2) is 24.7 Å². The molecule has 2 aromatic carbocycles. The molecule has 3 rings (SSSR count). The first kappa shape index (κ1) is 18.9. The molecule has 0 aliphatic carbocycles. The Labute approximate surface area is 161 Å². The zero-order chi connectivity index (χ0) is 19.8. The van der Waals surface area contributed by atoms with Gasteiger partial charge in [-0.3, -0.25) is 4.79 Å². The second-order valence-electron chi connectivity index (χ2n) is 5.83. The molecule has 0 fully saturated rings. The van der Waals surface area contributed by atoms with Crippen LogP contribution in [0.25, 0.3) is 0 Å². The number of aryl methyl sites for hydroxylation is 1. The fraction of sp³-hybridized carbons (Fsp3) is 0.0952. The van der Waals surface area contributed by atoms with Crippen LogP contribution in [0.15, 0.2) is 76.4 Å². The number of hydrogen-bond donors (Lipinski definition) is 1. The van der Waals surface area contributed by atoms with Gasteiger partial charge in [-0.1, -0.05) is 12.1 Å². The normalized spacial score (nSPS) is 10.6. The van der Waals surface area contributed by atoms with E-state index in [4.69, 9.17) is 13.9 Å². The second-order valence-corrected chi connectivity index (χ2v) is 5.83. The third kappa shape index (κ3) is 5.57. The Morgan fingerprint density at radius 3 is 2.61 bits per heavy atom. The monoisotopic (exact) mass is 378 g/mol. The Morgan fingerprint density at radius 1 is 1.07 bits per heavy atom. The molecule has 0 radical (unpaired) electrons. The summed E-state index contributed by atoms with van der Waals surface area (Å²) < 4.78 is 15.5. The van der Waals surface area contributed by atoms with Crippen molar-refractivity contribution < 1.29 is 23.5 Å². The van der Waals surface area contributed by atoms with E-state index in [-0.39, 0.29) is 18.3 Å². The summed E-state index contributed by atoms with van der Waals surface area (Å²) in [5.41, 5.74) is 4.16. The van der Waals surface area contributed by atoms with Gasteiger partial charge in [0.15, 0.2) is 6.61 Å². The Kier molecular flexibility index (Phi) is 6.20. The number of benzene rings is 2. The molecule has 0 spiro atoms. The molecule has 1 N–H and O–H groups in total. The van der Waals surface area contributed by atoms with Gasteiger partial charge in [0.05, 0.1) is 12.5 Å². The molecule has 0 bridgehead atoms. The minimum absolute atomic E-state index is 0.126. The maximum Gasteiger partial charge on any atom is 0.379 e. The minimum atomic E-state index is -0.577. The van der Waals surface area contributed by atoms with E-state index < -0.39 is 5.97 Å². The van der Waals surface area contributed by atoms with Crippen LogP contribution in [0.3, 0.4) is 0 Å². The van der Waals surface area contributed by atoms with Crippen molar-refractivity contribution in [1.29, 1.82) is 0 Å². The number of nitrogens with zero attached hydrogens (tertiary/aromatic N) is 1. The average Bonchev–Trinajstić information content (AvgIpc) is 3.23. The number of ether oxygens (including phenoxy) is 2. The first-order valence-corrected chi connectivity index (χ1v) is 8.47. The number of esters is 1. The molecule has 3 aromatic rings. The summed E-state index contributed by atoms with van der Waals surface area (Å²) in [5, 5.41) is 3.88. The molecular formula is C21H18N2O5. The van der Waals surface area contributed by atoms with Gasteiger partial charge in [-0.25, -0.2) is 10.2 Å². The smallest absolute Gasteiger partial charge is 0.379 e. The zero-order valence-electron chi connectivity index (χ0n) is 15.1. The minimum Gasteiger partial charge on any atom is -0.484 e. The van der Waals surface area contributed by atoms with E-state index in [9.17, 15) is 9.59 Å². The predicted molar refractivity (Wildman–Crippen MR) is 103 cm³/mol. The number of furan rings is 1. The van der Waals surface area contributed by atoms with Gasteiger partial charge in [-0.2, -0.15) is 5.10 Å². The molecule has 1 heterocycles. The van der Waals surface area contributed by atoms with Crippen molar-refractivity contribution in [3.8, 4) is 11.5 Å². The maximum atomic E-state index is 11.8. The number of nitrogens with one attached hydrogen (secondary N) is 1. The summed E-state index contributed by atoms with van der Waals surface area (Å²) in [5.74, 6) is 0.170. The molecule has 7 heteroatoms. The number of carbonyl (C=O) groups excluding carboxylic acids is 2. The van der Waals surface area contributed by atoms with E-state index in [1.165, 1.54) is 18.5 Å². The molecule has 0 saturated heterocycles. The highest BCUT2D eigenvalue weighted by Crippen LogP contribution is 2.14. The number of hydrogen-bond acceptors (Lipinski definition) is 6. The van der Waals surface area contributed by atoms with Crippen LogP contribution in [0.1, 0.15) is 21.7 Å². The quantitative estimate of drug-likeness (QED) is 0.295. The van der Waals surface area contributed by atoms with Gasteiger partial charge in [-0.05, 0) is 66.6 Å². The standard InChI is InChI=1S/C21H18N2O5/c1-15-4-2-5-18(12-15)27-14-20(24)23-22-13-16-7-9-17(10-8-16)28-21(25)19-6-3-11-26-19/h2-13H,14H2,1H3,(H,23,24)/b22-13-. The third-order valence-electron chi connectivity index (χ3n) is 3.58. The summed E-state index contributed by atoms with van der Waals surface area (Å²) in [4.78, 5) is 23.6. The Hall–Kier alpha value is -3.87. The summed E-state index contributed by atoms with van der Waals surface area (Å²) >= 11 is 0. The Balaban J connectivity index is 1.45. The summed E-state index contributed by atoms with van der Waals surface area (Å²) in [7, 11) is 0. The highest BCUT2D eigenvalue weighted by Gasteiger charge is 2.10. The van der Waals surface area contributed by atoms with Crippen molar-refractivity contribution in [3.63, 3.8) is 0 Å². The second kappa shape index (κ2) is 9.18. The van der Waals surface area contributed by atoms with Gasteiger partial charge in [0.2, 0.25) is 5.76 Å². The van der Waals surface area contributed by atoms with Crippen LogP contribution < -0.4 is 14.9 Å². The molecule has 1 amide bonds. The van der Waals surface area contributed by atoms with E-state index in [1.54, 1.807) is 36.4 Å². The maximum absolute atomic E-state index is 11.8. The summed E-state index contributed by atoms with van der Waals surface area (Å²) in [6.45, 7) is 1.81. The number of hydrazone groups is 1. The lowest BCUT2D eigenvalue weighted by Gasteiger charge is -2.05. The lowest BCUT2D eigenvalue weighted by Crippen LogP contribution is -2.24. The Bertz CT molecular complexity index is 963. The topological polar surface area (TPSA) is 90.1 Å². The molecule has 1 aromatic heterocycles. The number of rotatable bonds is 7. The van der Waals surface area contributed by atoms with E-state index in [1.807, 2.05) is 25.1 Å². The molecule has 0 saturated carbocycles. The van der Waals surface area contributed by atoms with Crippen LogP contribution in [0.4, 0.5) is 0 Å². The predicted octanol–water partition coefficient (Wildman–Crippen LogP) is 3.34. The fourth-order valence-corrected chi connectivity index (χ4v) is 2.24. The van der Waals surface area contributed by atoms with Crippen molar-refractivity contribution >= 4 is 18.1 Å². The van der Waals surface area contributed by atoms with E-state index >= 15 is 0 Å². The fourth-order valence-electron chi connectivity index (χ4n) is 2.24. The largest absolute Gasteiger partial charge is 0.484 e. The molecular weight excluding hydrogens is 360 g/mol. The van der Waals surface area contributed by atoms with Crippen LogP contribution in [0, 0.1) is 6.92 Å².